The maximum Gasteiger partial charge on any atom is 0.231 e. The maximum absolute atomic E-state index is 12.5. The van der Waals surface area contributed by atoms with Gasteiger partial charge in [0.25, 0.3) is 0 Å². The number of aromatic nitrogens is 4. The minimum atomic E-state index is -0.200. The number of benzene rings is 2. The molecule has 10 nitrogen and oxygen atoms in total. The van der Waals surface area contributed by atoms with Crippen LogP contribution in [0.15, 0.2) is 48.5 Å². The molecule has 1 aliphatic heterocycles. The van der Waals surface area contributed by atoms with Gasteiger partial charge in [0.05, 0.1) is 12.8 Å². The number of carbonyl (C=O) groups excluding carboxylic acids is 1. The third-order valence-corrected chi connectivity index (χ3v) is 5.48. The zero-order valence-electron chi connectivity index (χ0n) is 18.2. The molecule has 3 heterocycles. The van der Waals surface area contributed by atoms with E-state index in [1.807, 2.05) is 30.3 Å². The first-order valence-corrected chi connectivity index (χ1v) is 10.9. The van der Waals surface area contributed by atoms with Crippen molar-refractivity contribution in [1.82, 2.24) is 19.8 Å². The van der Waals surface area contributed by atoms with Gasteiger partial charge in [0, 0.05) is 24.4 Å². The van der Waals surface area contributed by atoms with Crippen LogP contribution in [-0.2, 0) is 17.8 Å². The van der Waals surface area contributed by atoms with Gasteiger partial charge in [-0.05, 0) is 48.0 Å². The Labute approximate surface area is 199 Å². The van der Waals surface area contributed by atoms with Crippen molar-refractivity contribution in [3.63, 3.8) is 0 Å². The van der Waals surface area contributed by atoms with Crippen LogP contribution >= 0.6 is 11.6 Å². The molecular formula is C23H21ClN6O4. The van der Waals surface area contributed by atoms with Crippen molar-refractivity contribution in [1.29, 1.82) is 0 Å². The van der Waals surface area contributed by atoms with Crippen LogP contribution in [0.25, 0.3) is 5.65 Å². The normalized spacial score (nSPS) is 12.1. The fourth-order valence-electron chi connectivity index (χ4n) is 3.54. The molecule has 5 rings (SSSR count). The van der Waals surface area contributed by atoms with Crippen molar-refractivity contribution in [2.45, 2.75) is 19.4 Å². The van der Waals surface area contributed by atoms with Gasteiger partial charge in [-0.2, -0.15) is 4.52 Å². The second kappa shape index (κ2) is 9.44. The van der Waals surface area contributed by atoms with E-state index in [-0.39, 0.29) is 19.1 Å². The third-order valence-electron chi connectivity index (χ3n) is 5.25. The summed E-state index contributed by atoms with van der Waals surface area (Å²) >= 11 is 6.03. The minimum Gasteiger partial charge on any atom is -0.495 e. The first-order valence-electron chi connectivity index (χ1n) is 10.6. The Morgan fingerprint density at radius 3 is 2.88 bits per heavy atom. The summed E-state index contributed by atoms with van der Waals surface area (Å²) in [5.74, 6) is 3.04. The Hall–Kier alpha value is -4.05. The fraction of sp³-hybridized carbons (Fsp3) is 0.217. The number of nitrogens with one attached hydrogen (secondary N) is 2. The molecule has 0 saturated heterocycles. The fourth-order valence-corrected chi connectivity index (χ4v) is 3.72. The molecule has 0 aliphatic carbocycles. The summed E-state index contributed by atoms with van der Waals surface area (Å²) in [5, 5.41) is 19.5. The number of nitrogens with zero attached hydrogens (tertiary/aromatic N) is 4. The lowest BCUT2D eigenvalue weighted by Crippen LogP contribution is -2.14. The molecule has 2 N–H and O–H groups in total. The van der Waals surface area contributed by atoms with Crippen molar-refractivity contribution >= 4 is 34.7 Å². The highest BCUT2D eigenvalue weighted by Crippen LogP contribution is 2.32. The van der Waals surface area contributed by atoms with E-state index in [0.29, 0.717) is 46.7 Å². The number of carbonyl (C=O) groups is 1. The van der Waals surface area contributed by atoms with Crippen LogP contribution in [0, 0.1) is 0 Å². The van der Waals surface area contributed by atoms with E-state index in [2.05, 4.69) is 25.9 Å². The number of amides is 1. The highest BCUT2D eigenvalue weighted by Gasteiger charge is 2.14. The first kappa shape index (κ1) is 21.8. The molecule has 0 spiro atoms. The van der Waals surface area contributed by atoms with Gasteiger partial charge in [-0.15, -0.1) is 15.3 Å². The van der Waals surface area contributed by atoms with Crippen molar-refractivity contribution < 1.29 is 19.0 Å². The van der Waals surface area contributed by atoms with Crippen molar-refractivity contribution in [3.05, 3.63) is 64.9 Å². The molecule has 174 valence electrons. The van der Waals surface area contributed by atoms with Gasteiger partial charge in [-0.25, -0.2) is 0 Å². The lowest BCUT2D eigenvalue weighted by Gasteiger charge is -2.10. The number of methoxy groups -OCH3 is 1. The van der Waals surface area contributed by atoms with Gasteiger partial charge >= 0.3 is 0 Å². The number of hydrogen-bond acceptors (Lipinski definition) is 8. The molecule has 0 saturated carbocycles. The largest absolute Gasteiger partial charge is 0.495 e. The second-order valence-corrected chi connectivity index (χ2v) is 7.98. The summed E-state index contributed by atoms with van der Waals surface area (Å²) in [6.45, 7) is 0.794. The summed E-state index contributed by atoms with van der Waals surface area (Å²) in [4.78, 5) is 12.5. The molecular weight excluding hydrogens is 460 g/mol. The number of ether oxygens (including phenoxy) is 3. The lowest BCUT2D eigenvalue weighted by molar-refractivity contribution is -0.116. The van der Waals surface area contributed by atoms with E-state index in [9.17, 15) is 4.79 Å². The van der Waals surface area contributed by atoms with Crippen LogP contribution in [0.3, 0.4) is 0 Å². The van der Waals surface area contributed by atoms with E-state index < -0.39 is 0 Å². The van der Waals surface area contributed by atoms with E-state index in [4.69, 9.17) is 25.8 Å². The van der Waals surface area contributed by atoms with Gasteiger partial charge in [0.15, 0.2) is 23.0 Å². The zero-order chi connectivity index (χ0) is 23.5. The average Bonchev–Trinajstić information content (AvgIpc) is 3.47. The highest BCUT2D eigenvalue weighted by molar-refractivity contribution is 6.31. The molecule has 2 aromatic carbocycles. The van der Waals surface area contributed by atoms with Crippen LogP contribution in [0.1, 0.15) is 17.8 Å². The Kier molecular flexibility index (Phi) is 6.05. The predicted molar refractivity (Wildman–Crippen MR) is 126 cm³/mol. The average molecular weight is 481 g/mol. The second-order valence-electron chi connectivity index (χ2n) is 7.54. The van der Waals surface area contributed by atoms with Gasteiger partial charge in [0.1, 0.15) is 11.6 Å². The molecule has 1 amide bonds. The number of aryl methyl sites for hydroxylation is 1. The topological polar surface area (TPSA) is 112 Å². The lowest BCUT2D eigenvalue weighted by atomic mass is 10.2. The van der Waals surface area contributed by atoms with Gasteiger partial charge in [0.2, 0.25) is 12.7 Å². The zero-order valence-corrected chi connectivity index (χ0v) is 19.0. The summed E-state index contributed by atoms with van der Waals surface area (Å²) < 4.78 is 17.7. The molecule has 0 atom stereocenters. The summed E-state index contributed by atoms with van der Waals surface area (Å²) in [7, 11) is 1.53. The summed E-state index contributed by atoms with van der Waals surface area (Å²) in [6, 6.07) is 14.5. The van der Waals surface area contributed by atoms with Crippen molar-refractivity contribution in [3.8, 4) is 17.2 Å². The Bertz CT molecular complexity index is 1360. The van der Waals surface area contributed by atoms with Crippen LogP contribution in [0.2, 0.25) is 5.02 Å². The standard InChI is InChI=1S/C23H21ClN6O4/c1-32-17-5-3-15(24)11-16(17)26-23(31)9-8-22-28-27-21-7-6-20(29-30(21)22)25-12-14-2-4-18-19(10-14)34-13-33-18/h2-7,10-11H,8-9,12-13H2,1H3,(H,25,29)(H,26,31). The molecule has 0 unspecified atom stereocenters. The number of rotatable bonds is 8. The molecule has 0 bridgehead atoms. The number of hydrogen-bond donors (Lipinski definition) is 2. The third kappa shape index (κ3) is 4.67. The molecule has 34 heavy (non-hydrogen) atoms. The smallest absolute Gasteiger partial charge is 0.231 e. The molecule has 0 radical (unpaired) electrons. The number of halogens is 1. The van der Waals surface area contributed by atoms with Crippen LogP contribution < -0.4 is 24.8 Å². The number of fused-ring (bicyclic) bond motifs is 2. The van der Waals surface area contributed by atoms with E-state index >= 15 is 0 Å². The van der Waals surface area contributed by atoms with Crippen molar-refractivity contribution in [2.75, 3.05) is 24.5 Å². The Morgan fingerprint density at radius 2 is 2.00 bits per heavy atom. The summed E-state index contributed by atoms with van der Waals surface area (Å²) in [5.41, 5.74) is 2.14. The van der Waals surface area contributed by atoms with Gasteiger partial charge in [-0.3, -0.25) is 4.79 Å². The minimum absolute atomic E-state index is 0.187. The molecule has 4 aromatic rings. The van der Waals surface area contributed by atoms with E-state index in [1.165, 1.54) is 7.11 Å². The maximum atomic E-state index is 12.5. The monoisotopic (exact) mass is 480 g/mol. The Balaban J connectivity index is 1.23. The van der Waals surface area contributed by atoms with Crippen molar-refractivity contribution in [2.24, 2.45) is 0 Å². The number of anilines is 2. The SMILES string of the molecule is COc1ccc(Cl)cc1NC(=O)CCc1nnc2ccc(NCc3ccc4c(c3)OCO4)nn12. The molecule has 2 aromatic heterocycles. The van der Waals surface area contributed by atoms with E-state index in [1.54, 1.807) is 22.7 Å². The predicted octanol–water partition coefficient (Wildman–Crippen LogP) is 3.70. The van der Waals surface area contributed by atoms with Crippen LogP contribution in [0.5, 0.6) is 17.2 Å². The quantitative estimate of drug-likeness (QED) is 0.392. The van der Waals surface area contributed by atoms with Gasteiger partial charge < -0.3 is 24.8 Å². The molecule has 0 fully saturated rings. The van der Waals surface area contributed by atoms with Crippen LogP contribution in [0.4, 0.5) is 11.5 Å². The summed E-state index contributed by atoms with van der Waals surface area (Å²) in [6.07, 6.45) is 0.543. The van der Waals surface area contributed by atoms with Gasteiger partial charge in [-0.1, -0.05) is 17.7 Å². The highest BCUT2D eigenvalue weighted by atomic mass is 35.5. The van der Waals surface area contributed by atoms with E-state index in [0.717, 1.165) is 17.1 Å². The molecule has 1 aliphatic rings. The first-order chi connectivity index (χ1) is 16.6. The van der Waals surface area contributed by atoms with Crippen LogP contribution in [-0.4, -0.2) is 39.6 Å². The molecule has 11 heteroatoms. The Morgan fingerprint density at radius 1 is 1.12 bits per heavy atom.